The van der Waals surface area contributed by atoms with Gasteiger partial charge in [-0.1, -0.05) is 112 Å². The van der Waals surface area contributed by atoms with Gasteiger partial charge in [0.05, 0.1) is 0 Å². The van der Waals surface area contributed by atoms with Crippen molar-refractivity contribution in [3.8, 4) is 0 Å². The predicted octanol–water partition coefficient (Wildman–Crippen LogP) is 2.56. The number of hydrogen-bond donors (Lipinski definition) is 0. The molecule has 0 fully saturated rings. The van der Waals surface area contributed by atoms with Crippen molar-refractivity contribution in [2.45, 2.75) is 52.6 Å². The quantitative estimate of drug-likeness (QED) is 0.243. The van der Waals surface area contributed by atoms with Crippen molar-refractivity contribution in [1.29, 1.82) is 0 Å². The Morgan fingerprint density at radius 2 is 1.00 bits per heavy atom. The summed E-state index contributed by atoms with van der Waals surface area (Å²) in [6.07, 6.45) is 9.05. The third kappa shape index (κ3) is 7.78. The second-order valence-corrected chi connectivity index (χ2v) is 10.7. The number of halogens is 2. The molecule has 0 heterocycles. The average Bonchev–Trinajstić information content (AvgIpc) is 3.42. The molecule has 0 saturated carbocycles. The smallest absolute Gasteiger partial charge is 1.00 e. The maximum atomic E-state index is 3.46. The van der Waals surface area contributed by atoms with E-state index in [4.69, 9.17) is 0 Å². The van der Waals surface area contributed by atoms with E-state index in [0.717, 1.165) is 12.8 Å². The Morgan fingerprint density at radius 3 is 1.36 bits per heavy atom. The summed E-state index contributed by atoms with van der Waals surface area (Å²) in [6.45, 7) is 8.74. The van der Waals surface area contributed by atoms with E-state index >= 15 is 0 Å². The van der Waals surface area contributed by atoms with E-state index in [0.29, 0.717) is 0 Å². The molecule has 182 valence electrons. The third-order valence-corrected chi connectivity index (χ3v) is 7.12. The van der Waals surface area contributed by atoms with Crippen molar-refractivity contribution in [3.63, 3.8) is 0 Å². The van der Waals surface area contributed by atoms with E-state index in [1.54, 1.807) is 0 Å². The van der Waals surface area contributed by atoms with Crippen molar-refractivity contribution in [3.05, 3.63) is 118 Å². The Morgan fingerprint density at radius 1 is 0.611 bits per heavy atom. The van der Waals surface area contributed by atoms with Crippen LogP contribution in [0.3, 0.4) is 0 Å². The number of allylic oxidation sites excluding steroid dienone is 2. The molecule has 0 N–H and O–H groups in total. The van der Waals surface area contributed by atoms with Crippen LogP contribution in [0.2, 0.25) is 12.1 Å². The van der Waals surface area contributed by atoms with Crippen LogP contribution in [-0.4, -0.2) is 9.52 Å². The number of benzene rings is 4. The molecule has 0 amide bonds. The summed E-state index contributed by atoms with van der Waals surface area (Å²) in [5.74, 6) is 0. The summed E-state index contributed by atoms with van der Waals surface area (Å²) in [4.78, 5) is 0. The van der Waals surface area contributed by atoms with Crippen molar-refractivity contribution < 1.29 is 51.0 Å². The molecule has 0 spiro atoms. The van der Waals surface area contributed by atoms with Gasteiger partial charge >= 0.3 is 26.2 Å². The Balaban J connectivity index is 0.000000285. The molecular formula is C32H32Cl2SiZr. The molecule has 0 aromatic heterocycles. The maximum Gasteiger partial charge on any atom is 4.00 e. The Labute approximate surface area is 251 Å². The van der Waals surface area contributed by atoms with Crippen LogP contribution in [0.5, 0.6) is 0 Å². The molecule has 6 rings (SSSR count). The molecule has 4 aromatic rings. The first-order valence-electron chi connectivity index (χ1n) is 12.0. The molecule has 2 aliphatic carbocycles. The van der Waals surface area contributed by atoms with Crippen molar-refractivity contribution in [2.75, 3.05) is 0 Å². The number of hydrogen-bond acceptors (Lipinski definition) is 0. The largest absolute Gasteiger partial charge is 4.00 e. The summed E-state index contributed by atoms with van der Waals surface area (Å²) in [5.41, 5.74) is 8.14. The van der Waals surface area contributed by atoms with E-state index in [2.05, 4.69) is 113 Å². The Hall–Kier alpha value is -1.44. The zero-order chi connectivity index (χ0) is 23.2. The fourth-order valence-corrected chi connectivity index (χ4v) is 5.06. The molecule has 0 aliphatic heterocycles. The predicted molar refractivity (Wildman–Crippen MR) is 145 cm³/mol. The van der Waals surface area contributed by atoms with Crippen molar-refractivity contribution in [2.24, 2.45) is 0 Å². The summed E-state index contributed by atoms with van der Waals surface area (Å²) < 4.78 is 0. The molecule has 0 nitrogen and oxygen atoms in total. The standard InChI is InChI=1S/2C14H11.C4H10Si.2ClH.Zr/c2*1-10-8-12-7-6-11-4-2-3-5-13(11)14(12)9-10;1-3-5-4-2;;;/h2*2-7H,8H2,1H3;3-4H2,1-2H3;2*1H;/q2*-1;;;;+4/p-2. The third-order valence-electron chi connectivity index (χ3n) is 6.12. The maximum absolute atomic E-state index is 3.46. The van der Waals surface area contributed by atoms with Crippen LogP contribution in [-0.2, 0) is 39.0 Å². The summed E-state index contributed by atoms with van der Waals surface area (Å²) in [5, 5.41) is 5.30. The van der Waals surface area contributed by atoms with E-state index in [-0.39, 0.29) is 51.0 Å². The van der Waals surface area contributed by atoms with E-state index < -0.39 is 0 Å². The molecule has 2 aliphatic rings. The van der Waals surface area contributed by atoms with Gasteiger partial charge in [0.15, 0.2) is 0 Å². The van der Waals surface area contributed by atoms with Gasteiger partial charge < -0.3 is 24.8 Å². The Bertz CT molecular complexity index is 1240. The van der Waals surface area contributed by atoms with Gasteiger partial charge in [0.2, 0.25) is 0 Å². The van der Waals surface area contributed by atoms with Gasteiger partial charge in [-0.25, -0.2) is 0 Å². The second kappa shape index (κ2) is 15.7. The van der Waals surface area contributed by atoms with Crippen molar-refractivity contribution >= 4 is 31.1 Å². The average molecular weight is 607 g/mol. The minimum Gasteiger partial charge on any atom is -1.00 e. The number of rotatable bonds is 2. The van der Waals surface area contributed by atoms with Crippen LogP contribution in [0.4, 0.5) is 0 Å². The zero-order valence-electron chi connectivity index (χ0n) is 21.5. The fourth-order valence-electron chi connectivity index (χ4n) is 4.56. The summed E-state index contributed by atoms with van der Waals surface area (Å²) in [7, 11) is 1.20. The van der Waals surface area contributed by atoms with Crippen LogP contribution in [0.25, 0.3) is 21.5 Å². The van der Waals surface area contributed by atoms with Crippen LogP contribution < -0.4 is 24.8 Å². The molecule has 0 atom stereocenters. The van der Waals surface area contributed by atoms with Gasteiger partial charge in [-0.05, 0) is 0 Å². The fraction of sp³-hybridized carbons (Fsp3) is 0.250. The van der Waals surface area contributed by atoms with E-state index in [1.807, 2.05) is 0 Å². The first-order chi connectivity index (χ1) is 16.1. The minimum absolute atomic E-state index is 0. The molecule has 36 heavy (non-hydrogen) atoms. The second-order valence-electron chi connectivity index (χ2n) is 8.76. The summed E-state index contributed by atoms with van der Waals surface area (Å²) in [6, 6.07) is 28.6. The van der Waals surface area contributed by atoms with Gasteiger partial charge in [-0.2, -0.15) is 23.3 Å². The molecule has 4 aromatic carbocycles. The molecule has 0 saturated heterocycles. The van der Waals surface area contributed by atoms with Crippen LogP contribution in [0.1, 0.15) is 49.9 Å². The molecule has 2 radical (unpaired) electrons. The van der Waals surface area contributed by atoms with E-state index in [9.17, 15) is 0 Å². The number of fused-ring (bicyclic) bond motifs is 6. The van der Waals surface area contributed by atoms with Crippen molar-refractivity contribution in [1.82, 2.24) is 0 Å². The normalized spacial score (nSPS) is 12.2. The van der Waals surface area contributed by atoms with Crippen LogP contribution in [0.15, 0.2) is 83.9 Å². The van der Waals surface area contributed by atoms with Gasteiger partial charge in [0.1, 0.15) is 0 Å². The molecule has 0 bridgehead atoms. The van der Waals surface area contributed by atoms with Gasteiger partial charge in [0.25, 0.3) is 0 Å². The molecule has 4 heteroatoms. The van der Waals surface area contributed by atoms with Gasteiger partial charge in [0, 0.05) is 9.52 Å². The summed E-state index contributed by atoms with van der Waals surface area (Å²) >= 11 is 0. The molecule has 0 unspecified atom stereocenters. The van der Waals surface area contributed by atoms with Gasteiger partial charge in [-0.3, -0.25) is 0 Å². The SMILES string of the molecule is CC1=[C-]c2c(ccc3ccccc23)C1.CC1=[C-]c2c(ccc3ccccc23)C1.CC[Si]CC.[Cl-].[Cl-].[Zr+4]. The van der Waals surface area contributed by atoms with E-state index in [1.165, 1.54) is 76.6 Å². The molecular weight excluding hydrogens is 575 g/mol. The van der Waals surface area contributed by atoms with Crippen LogP contribution in [0, 0.1) is 12.2 Å². The topological polar surface area (TPSA) is 0 Å². The monoisotopic (exact) mass is 604 g/mol. The zero-order valence-corrected chi connectivity index (χ0v) is 26.5. The Kier molecular flexibility index (Phi) is 14.2. The van der Waals surface area contributed by atoms with Gasteiger partial charge in [-0.15, -0.1) is 57.3 Å². The minimum atomic E-state index is 0. The van der Waals surface area contributed by atoms with Crippen LogP contribution >= 0.6 is 0 Å². The first kappa shape index (κ1) is 32.6. The first-order valence-corrected chi connectivity index (χ1v) is 13.4.